The van der Waals surface area contributed by atoms with Crippen LogP contribution in [0.4, 0.5) is 0 Å². The van der Waals surface area contributed by atoms with Gasteiger partial charge in [0.1, 0.15) is 0 Å². The van der Waals surface area contributed by atoms with Gasteiger partial charge in [-0.05, 0) is 25.5 Å². The molecule has 0 aliphatic carbocycles. The molecule has 0 saturated carbocycles. The second kappa shape index (κ2) is 7.07. The summed E-state index contributed by atoms with van der Waals surface area (Å²) >= 11 is 6.14. The lowest BCUT2D eigenvalue weighted by atomic mass is 10.1. The normalized spacial score (nSPS) is 10.5. The zero-order chi connectivity index (χ0) is 14.4. The van der Waals surface area contributed by atoms with Gasteiger partial charge in [0.25, 0.3) is 5.91 Å². The van der Waals surface area contributed by atoms with E-state index in [1.807, 2.05) is 18.2 Å². The van der Waals surface area contributed by atoms with Crippen LogP contribution in [0, 0.1) is 0 Å². The Morgan fingerprint density at radius 1 is 1.35 bits per heavy atom. The van der Waals surface area contributed by atoms with Crippen molar-refractivity contribution in [3.05, 3.63) is 41.0 Å². The van der Waals surface area contributed by atoms with E-state index in [4.69, 9.17) is 17.3 Å². The summed E-state index contributed by atoms with van der Waals surface area (Å²) in [7, 11) is 0. The van der Waals surface area contributed by atoms with E-state index in [2.05, 4.69) is 15.5 Å². The van der Waals surface area contributed by atoms with Crippen LogP contribution < -0.4 is 11.1 Å². The van der Waals surface area contributed by atoms with Crippen LogP contribution in [0.2, 0.25) is 5.02 Å². The Bertz CT molecular complexity index is 582. The highest BCUT2D eigenvalue weighted by Crippen LogP contribution is 2.28. The summed E-state index contributed by atoms with van der Waals surface area (Å²) in [6.07, 6.45) is 3.27. The first kappa shape index (κ1) is 14.6. The van der Waals surface area contributed by atoms with E-state index in [0.29, 0.717) is 29.4 Å². The number of nitrogens with one attached hydrogen (secondary N) is 2. The maximum absolute atomic E-state index is 12.1. The van der Waals surface area contributed by atoms with Crippen LogP contribution in [0.25, 0.3) is 11.3 Å². The molecule has 0 saturated heterocycles. The smallest absolute Gasteiger partial charge is 0.255 e. The molecule has 2 rings (SSSR count). The molecule has 20 heavy (non-hydrogen) atoms. The summed E-state index contributed by atoms with van der Waals surface area (Å²) in [5, 5.41) is 10.2. The van der Waals surface area contributed by atoms with E-state index in [1.165, 1.54) is 6.20 Å². The van der Waals surface area contributed by atoms with Crippen molar-refractivity contribution in [1.82, 2.24) is 15.5 Å². The number of rotatable bonds is 6. The summed E-state index contributed by atoms with van der Waals surface area (Å²) in [5.74, 6) is -0.161. The molecule has 5 nitrogen and oxygen atoms in total. The average molecular weight is 293 g/mol. The molecule has 0 unspecified atom stereocenters. The molecule has 106 valence electrons. The zero-order valence-corrected chi connectivity index (χ0v) is 11.8. The van der Waals surface area contributed by atoms with Crippen LogP contribution in [0.5, 0.6) is 0 Å². The van der Waals surface area contributed by atoms with Gasteiger partial charge in [-0.25, -0.2) is 0 Å². The van der Waals surface area contributed by atoms with Gasteiger partial charge in [0.15, 0.2) is 0 Å². The van der Waals surface area contributed by atoms with Gasteiger partial charge in [-0.15, -0.1) is 0 Å². The van der Waals surface area contributed by atoms with Crippen LogP contribution in [-0.4, -0.2) is 29.2 Å². The van der Waals surface area contributed by atoms with Gasteiger partial charge >= 0.3 is 0 Å². The van der Waals surface area contributed by atoms with Gasteiger partial charge in [0.05, 0.1) is 17.5 Å². The van der Waals surface area contributed by atoms with E-state index in [9.17, 15) is 4.79 Å². The standard InChI is InChI=1S/C14H17ClN4O/c15-12-6-2-1-5-10(12)13-11(9-18-19-13)14(20)17-8-4-3-7-16/h1-2,5-6,9H,3-4,7-8,16H2,(H,17,20)(H,18,19). The van der Waals surface area contributed by atoms with Gasteiger partial charge in [-0.1, -0.05) is 29.8 Å². The zero-order valence-electron chi connectivity index (χ0n) is 11.0. The van der Waals surface area contributed by atoms with Crippen molar-refractivity contribution >= 4 is 17.5 Å². The number of unbranched alkanes of at least 4 members (excludes halogenated alkanes) is 1. The molecule has 1 amide bonds. The molecule has 4 N–H and O–H groups in total. The number of aromatic amines is 1. The Kier molecular flexibility index (Phi) is 5.15. The molecule has 1 aromatic carbocycles. The molecule has 0 aliphatic rings. The fraction of sp³-hybridized carbons (Fsp3) is 0.286. The highest BCUT2D eigenvalue weighted by atomic mass is 35.5. The minimum absolute atomic E-state index is 0.161. The minimum atomic E-state index is -0.161. The third-order valence-corrected chi connectivity index (χ3v) is 3.27. The van der Waals surface area contributed by atoms with E-state index >= 15 is 0 Å². The highest BCUT2D eigenvalue weighted by molar-refractivity contribution is 6.33. The summed E-state index contributed by atoms with van der Waals surface area (Å²) in [5.41, 5.74) is 7.30. The Hall–Kier alpha value is -1.85. The second-order valence-electron chi connectivity index (χ2n) is 4.39. The Morgan fingerprint density at radius 3 is 2.90 bits per heavy atom. The summed E-state index contributed by atoms with van der Waals surface area (Å²) in [4.78, 5) is 12.1. The van der Waals surface area contributed by atoms with Crippen LogP contribution in [0.1, 0.15) is 23.2 Å². The molecule has 0 aliphatic heterocycles. The molecule has 1 aromatic heterocycles. The average Bonchev–Trinajstić information content (AvgIpc) is 2.93. The number of hydrogen-bond acceptors (Lipinski definition) is 3. The maximum atomic E-state index is 12.1. The third kappa shape index (κ3) is 3.37. The Morgan fingerprint density at radius 2 is 2.15 bits per heavy atom. The lowest BCUT2D eigenvalue weighted by Gasteiger charge is -2.06. The first-order valence-electron chi connectivity index (χ1n) is 6.50. The fourth-order valence-electron chi connectivity index (χ4n) is 1.89. The summed E-state index contributed by atoms with van der Waals surface area (Å²) < 4.78 is 0. The largest absolute Gasteiger partial charge is 0.352 e. The van der Waals surface area contributed by atoms with Crippen LogP contribution in [-0.2, 0) is 0 Å². The molecule has 2 aromatic rings. The molecular formula is C14H17ClN4O. The van der Waals surface area contributed by atoms with Crippen LogP contribution >= 0.6 is 11.6 Å². The van der Waals surface area contributed by atoms with E-state index in [1.54, 1.807) is 6.07 Å². The third-order valence-electron chi connectivity index (χ3n) is 2.94. The molecule has 0 fully saturated rings. The lowest BCUT2D eigenvalue weighted by Crippen LogP contribution is -2.25. The number of halogens is 1. The van der Waals surface area contributed by atoms with E-state index in [0.717, 1.165) is 18.4 Å². The minimum Gasteiger partial charge on any atom is -0.352 e. The number of nitrogens with zero attached hydrogens (tertiary/aromatic N) is 1. The number of nitrogens with two attached hydrogens (primary N) is 1. The first-order valence-corrected chi connectivity index (χ1v) is 6.88. The highest BCUT2D eigenvalue weighted by Gasteiger charge is 2.16. The molecule has 6 heteroatoms. The Balaban J connectivity index is 2.13. The monoisotopic (exact) mass is 292 g/mol. The fourth-order valence-corrected chi connectivity index (χ4v) is 2.12. The number of carbonyl (C=O) groups is 1. The predicted molar refractivity (Wildman–Crippen MR) is 79.7 cm³/mol. The van der Waals surface area contributed by atoms with Gasteiger partial charge in [-0.3, -0.25) is 9.89 Å². The number of benzene rings is 1. The number of amides is 1. The van der Waals surface area contributed by atoms with Gasteiger partial charge < -0.3 is 11.1 Å². The van der Waals surface area contributed by atoms with Crippen LogP contribution in [0.15, 0.2) is 30.5 Å². The quantitative estimate of drug-likeness (QED) is 0.714. The molecule has 0 spiro atoms. The number of carbonyl (C=O) groups excluding carboxylic acids is 1. The van der Waals surface area contributed by atoms with Crippen molar-refractivity contribution in [2.24, 2.45) is 5.73 Å². The molecule has 0 atom stereocenters. The summed E-state index contributed by atoms with van der Waals surface area (Å²) in [6.45, 7) is 1.23. The number of H-pyrrole nitrogens is 1. The topological polar surface area (TPSA) is 83.8 Å². The van der Waals surface area contributed by atoms with Gasteiger partial charge in [-0.2, -0.15) is 5.10 Å². The maximum Gasteiger partial charge on any atom is 0.255 e. The summed E-state index contributed by atoms with van der Waals surface area (Å²) in [6, 6.07) is 7.33. The lowest BCUT2D eigenvalue weighted by molar-refractivity contribution is 0.0954. The van der Waals surface area contributed by atoms with E-state index < -0.39 is 0 Å². The molecular weight excluding hydrogens is 276 g/mol. The van der Waals surface area contributed by atoms with E-state index in [-0.39, 0.29) is 5.91 Å². The van der Waals surface area contributed by atoms with Gasteiger partial charge in [0.2, 0.25) is 0 Å². The predicted octanol–water partition coefficient (Wildman–Crippen LogP) is 2.20. The molecule has 0 bridgehead atoms. The van der Waals surface area contributed by atoms with Gasteiger partial charge in [0, 0.05) is 17.1 Å². The van der Waals surface area contributed by atoms with Crippen molar-refractivity contribution in [3.8, 4) is 11.3 Å². The molecule has 1 heterocycles. The number of hydrogen-bond donors (Lipinski definition) is 3. The van der Waals surface area contributed by atoms with Crippen molar-refractivity contribution in [2.45, 2.75) is 12.8 Å². The van der Waals surface area contributed by atoms with Crippen molar-refractivity contribution in [1.29, 1.82) is 0 Å². The van der Waals surface area contributed by atoms with Crippen molar-refractivity contribution in [2.75, 3.05) is 13.1 Å². The number of aromatic nitrogens is 2. The van der Waals surface area contributed by atoms with Crippen molar-refractivity contribution in [3.63, 3.8) is 0 Å². The molecule has 0 radical (unpaired) electrons. The second-order valence-corrected chi connectivity index (χ2v) is 4.80. The SMILES string of the molecule is NCCCCNC(=O)c1cn[nH]c1-c1ccccc1Cl. The van der Waals surface area contributed by atoms with Crippen LogP contribution in [0.3, 0.4) is 0 Å². The Labute approximate surface area is 122 Å². The van der Waals surface area contributed by atoms with Crippen molar-refractivity contribution < 1.29 is 4.79 Å². The first-order chi connectivity index (χ1) is 9.74.